The number of carbonyl (C=O) groups is 2. The predicted octanol–water partition coefficient (Wildman–Crippen LogP) is 1.07. The number of fused-ring (bicyclic) bond motifs is 1. The number of nitrogens with zero attached hydrogens (tertiary/aromatic N) is 3. The summed E-state index contributed by atoms with van der Waals surface area (Å²) in [5.41, 5.74) is 7.86. The Morgan fingerprint density at radius 2 is 2.00 bits per heavy atom. The Morgan fingerprint density at radius 1 is 1.20 bits per heavy atom. The third kappa shape index (κ3) is 1.85. The number of nitrogens with two attached hydrogens (primary N) is 1. The summed E-state index contributed by atoms with van der Waals surface area (Å²) < 4.78 is 1.71. The monoisotopic (exact) mass is 270 g/mol. The first-order valence-electron chi connectivity index (χ1n) is 6.31. The Labute approximate surface area is 115 Å². The molecule has 0 radical (unpaired) electrons. The molecule has 3 rings (SSSR count). The van der Waals surface area contributed by atoms with Crippen molar-refractivity contribution in [3.8, 4) is 0 Å². The summed E-state index contributed by atoms with van der Waals surface area (Å²) in [6.45, 7) is 2.69. The van der Waals surface area contributed by atoms with Gasteiger partial charge in [-0.3, -0.25) is 19.2 Å². The minimum absolute atomic E-state index is 0.285. The van der Waals surface area contributed by atoms with Crippen molar-refractivity contribution in [3.05, 3.63) is 47.3 Å². The van der Waals surface area contributed by atoms with Crippen molar-refractivity contribution in [3.63, 3.8) is 0 Å². The summed E-state index contributed by atoms with van der Waals surface area (Å²) in [5, 5.41) is 4.14. The Kier molecular flexibility index (Phi) is 2.78. The second kappa shape index (κ2) is 4.48. The molecule has 0 atom stereocenters. The number of imide groups is 1. The molecular formula is C14H14N4O2. The van der Waals surface area contributed by atoms with Crippen LogP contribution in [0, 0.1) is 6.92 Å². The summed E-state index contributed by atoms with van der Waals surface area (Å²) in [7, 11) is 0. The number of hydrogen-bond donors (Lipinski definition) is 1. The van der Waals surface area contributed by atoms with Crippen LogP contribution in [0.5, 0.6) is 0 Å². The molecule has 2 N–H and O–H groups in total. The van der Waals surface area contributed by atoms with Crippen molar-refractivity contribution in [1.82, 2.24) is 14.7 Å². The fourth-order valence-electron chi connectivity index (χ4n) is 2.35. The van der Waals surface area contributed by atoms with Gasteiger partial charge in [-0.1, -0.05) is 6.07 Å². The van der Waals surface area contributed by atoms with Gasteiger partial charge in [0.15, 0.2) is 0 Å². The van der Waals surface area contributed by atoms with E-state index in [1.165, 1.54) is 4.90 Å². The summed E-state index contributed by atoms with van der Waals surface area (Å²) in [6.07, 6.45) is 3.60. The highest BCUT2D eigenvalue weighted by atomic mass is 16.2. The van der Waals surface area contributed by atoms with E-state index in [1.807, 2.05) is 13.1 Å². The SMILES string of the molecule is Cc1cnn(CCN2C(=O)c3cccc(N)c3C2=O)c1. The maximum atomic E-state index is 12.2. The fraction of sp³-hybridized carbons (Fsp3) is 0.214. The van der Waals surface area contributed by atoms with Crippen LogP contribution in [0.2, 0.25) is 0 Å². The number of rotatable bonds is 3. The number of carbonyl (C=O) groups excluding carboxylic acids is 2. The van der Waals surface area contributed by atoms with Crippen LogP contribution in [0.4, 0.5) is 5.69 Å². The van der Waals surface area contributed by atoms with E-state index in [2.05, 4.69) is 5.10 Å². The molecule has 0 aliphatic carbocycles. The van der Waals surface area contributed by atoms with Crippen molar-refractivity contribution in [1.29, 1.82) is 0 Å². The zero-order valence-electron chi connectivity index (χ0n) is 11.0. The number of amides is 2. The smallest absolute Gasteiger partial charge is 0.263 e. The first-order valence-corrected chi connectivity index (χ1v) is 6.31. The van der Waals surface area contributed by atoms with Gasteiger partial charge in [-0.2, -0.15) is 5.10 Å². The Hall–Kier alpha value is -2.63. The van der Waals surface area contributed by atoms with Crippen LogP contribution in [0.25, 0.3) is 0 Å². The van der Waals surface area contributed by atoms with Crippen molar-refractivity contribution >= 4 is 17.5 Å². The van der Waals surface area contributed by atoms with Crippen molar-refractivity contribution < 1.29 is 9.59 Å². The van der Waals surface area contributed by atoms with Gasteiger partial charge in [-0.25, -0.2) is 0 Å². The van der Waals surface area contributed by atoms with Gasteiger partial charge in [0, 0.05) is 18.4 Å². The zero-order chi connectivity index (χ0) is 14.3. The van der Waals surface area contributed by atoms with Crippen molar-refractivity contribution in [2.45, 2.75) is 13.5 Å². The standard InChI is InChI=1S/C14H14N4O2/c1-9-7-16-17(8-9)5-6-18-13(19)10-3-2-4-11(15)12(10)14(18)20/h2-4,7-8H,5-6,15H2,1H3. The highest BCUT2D eigenvalue weighted by molar-refractivity contribution is 6.23. The van der Waals surface area contributed by atoms with Gasteiger partial charge in [-0.05, 0) is 24.6 Å². The number of anilines is 1. The summed E-state index contributed by atoms with van der Waals surface area (Å²) in [5.74, 6) is -0.617. The average molecular weight is 270 g/mol. The quantitative estimate of drug-likeness (QED) is 0.668. The molecule has 2 amide bonds. The molecule has 0 fully saturated rings. The first kappa shape index (κ1) is 12.4. The molecule has 0 spiro atoms. The van der Waals surface area contributed by atoms with Gasteiger partial charge < -0.3 is 5.73 Å². The molecule has 2 aromatic rings. The Morgan fingerprint density at radius 3 is 2.65 bits per heavy atom. The lowest BCUT2D eigenvalue weighted by molar-refractivity contribution is 0.0648. The lowest BCUT2D eigenvalue weighted by Crippen LogP contribution is -2.33. The number of aromatic nitrogens is 2. The van der Waals surface area contributed by atoms with E-state index >= 15 is 0 Å². The Balaban J connectivity index is 1.81. The van der Waals surface area contributed by atoms with Crippen LogP contribution >= 0.6 is 0 Å². The number of hydrogen-bond acceptors (Lipinski definition) is 4. The lowest BCUT2D eigenvalue weighted by Gasteiger charge is -2.13. The molecule has 0 unspecified atom stereocenters. The maximum Gasteiger partial charge on any atom is 0.263 e. The molecule has 1 aromatic carbocycles. The molecule has 1 aliphatic rings. The van der Waals surface area contributed by atoms with Crippen LogP contribution < -0.4 is 5.73 Å². The number of aryl methyl sites for hydroxylation is 1. The normalized spacial score (nSPS) is 13.9. The summed E-state index contributed by atoms with van der Waals surface area (Å²) in [4.78, 5) is 25.7. The van der Waals surface area contributed by atoms with Crippen molar-refractivity contribution in [2.75, 3.05) is 12.3 Å². The predicted molar refractivity (Wildman–Crippen MR) is 73.2 cm³/mol. The number of nitrogen functional groups attached to an aromatic ring is 1. The van der Waals surface area contributed by atoms with Crippen LogP contribution in [0.3, 0.4) is 0 Å². The van der Waals surface area contributed by atoms with Gasteiger partial charge >= 0.3 is 0 Å². The molecule has 20 heavy (non-hydrogen) atoms. The molecule has 0 bridgehead atoms. The molecule has 1 aromatic heterocycles. The highest BCUT2D eigenvalue weighted by Crippen LogP contribution is 2.27. The topological polar surface area (TPSA) is 81.2 Å². The molecule has 0 saturated heterocycles. The number of benzene rings is 1. The van der Waals surface area contributed by atoms with E-state index in [9.17, 15) is 9.59 Å². The largest absolute Gasteiger partial charge is 0.398 e. The third-order valence-electron chi connectivity index (χ3n) is 3.35. The average Bonchev–Trinajstić information content (AvgIpc) is 2.93. The van der Waals surface area contributed by atoms with E-state index in [4.69, 9.17) is 5.73 Å². The Bertz CT molecular complexity index is 705. The van der Waals surface area contributed by atoms with E-state index in [-0.39, 0.29) is 18.4 Å². The van der Waals surface area contributed by atoms with Gasteiger partial charge in [0.05, 0.1) is 23.9 Å². The van der Waals surface area contributed by atoms with Crippen LogP contribution in [0.1, 0.15) is 26.3 Å². The maximum absolute atomic E-state index is 12.2. The minimum atomic E-state index is -0.327. The summed E-state index contributed by atoms with van der Waals surface area (Å²) in [6, 6.07) is 4.94. The molecule has 0 saturated carbocycles. The third-order valence-corrected chi connectivity index (χ3v) is 3.35. The second-order valence-corrected chi connectivity index (χ2v) is 4.81. The lowest BCUT2D eigenvalue weighted by atomic mass is 10.1. The van der Waals surface area contributed by atoms with E-state index < -0.39 is 0 Å². The molecule has 6 heteroatoms. The fourth-order valence-corrected chi connectivity index (χ4v) is 2.35. The van der Waals surface area contributed by atoms with Crippen molar-refractivity contribution in [2.24, 2.45) is 0 Å². The van der Waals surface area contributed by atoms with Crippen LogP contribution in [0.15, 0.2) is 30.6 Å². The molecular weight excluding hydrogens is 256 g/mol. The first-order chi connectivity index (χ1) is 9.58. The molecule has 2 heterocycles. The van der Waals surface area contributed by atoms with E-state index in [0.717, 1.165) is 5.56 Å². The van der Waals surface area contributed by atoms with Gasteiger partial charge in [-0.15, -0.1) is 0 Å². The van der Waals surface area contributed by atoms with Gasteiger partial charge in [0.25, 0.3) is 11.8 Å². The van der Waals surface area contributed by atoms with E-state index in [0.29, 0.717) is 23.4 Å². The van der Waals surface area contributed by atoms with Crippen LogP contribution in [-0.4, -0.2) is 33.0 Å². The van der Waals surface area contributed by atoms with E-state index in [1.54, 1.807) is 29.1 Å². The highest BCUT2D eigenvalue weighted by Gasteiger charge is 2.36. The molecule has 6 nitrogen and oxygen atoms in total. The second-order valence-electron chi connectivity index (χ2n) is 4.81. The molecule has 102 valence electrons. The van der Waals surface area contributed by atoms with Gasteiger partial charge in [0.1, 0.15) is 0 Å². The van der Waals surface area contributed by atoms with Crippen LogP contribution in [-0.2, 0) is 6.54 Å². The zero-order valence-corrected chi connectivity index (χ0v) is 11.0. The summed E-state index contributed by atoms with van der Waals surface area (Å²) >= 11 is 0. The van der Waals surface area contributed by atoms with Gasteiger partial charge in [0.2, 0.25) is 0 Å². The molecule has 1 aliphatic heterocycles. The minimum Gasteiger partial charge on any atom is -0.398 e.